The number of benzene rings is 2. The molecule has 0 unspecified atom stereocenters. The van der Waals surface area contributed by atoms with E-state index in [9.17, 15) is 14.7 Å². The van der Waals surface area contributed by atoms with Crippen LogP contribution >= 0.6 is 0 Å². The van der Waals surface area contributed by atoms with Crippen molar-refractivity contribution in [3.63, 3.8) is 0 Å². The summed E-state index contributed by atoms with van der Waals surface area (Å²) in [6.45, 7) is 0.948. The van der Waals surface area contributed by atoms with Gasteiger partial charge < -0.3 is 10.4 Å². The molecule has 2 N–H and O–H groups in total. The number of hydrogen-bond donors (Lipinski definition) is 2. The second-order valence-electron chi connectivity index (χ2n) is 5.96. The molecule has 4 heteroatoms. The first-order valence-corrected chi connectivity index (χ1v) is 8.18. The second kappa shape index (κ2) is 7.62. The molecule has 1 aliphatic heterocycles. The zero-order chi connectivity index (χ0) is 17.6. The van der Waals surface area contributed by atoms with Crippen LogP contribution < -0.4 is 5.32 Å². The van der Waals surface area contributed by atoms with Crippen LogP contribution in [0.1, 0.15) is 23.1 Å². The van der Waals surface area contributed by atoms with Gasteiger partial charge in [-0.25, -0.2) is 0 Å². The lowest BCUT2D eigenvalue weighted by molar-refractivity contribution is -0.121. The Morgan fingerprint density at radius 2 is 1.60 bits per heavy atom. The average molecular weight is 333 g/mol. The summed E-state index contributed by atoms with van der Waals surface area (Å²) in [4.78, 5) is 23.8. The van der Waals surface area contributed by atoms with Gasteiger partial charge in [0.05, 0.1) is 6.42 Å². The van der Waals surface area contributed by atoms with Gasteiger partial charge >= 0.3 is 0 Å². The maximum Gasteiger partial charge on any atom is 0.163 e. The molecule has 2 aromatic carbocycles. The Kier molecular flexibility index (Phi) is 5.09. The molecule has 0 amide bonds. The van der Waals surface area contributed by atoms with E-state index in [1.54, 1.807) is 36.4 Å². The van der Waals surface area contributed by atoms with E-state index in [4.69, 9.17) is 0 Å². The molecule has 126 valence electrons. The molecule has 0 aromatic heterocycles. The third-order valence-corrected chi connectivity index (χ3v) is 4.01. The summed E-state index contributed by atoms with van der Waals surface area (Å²) in [6.07, 6.45) is 7.07. The van der Waals surface area contributed by atoms with Crippen molar-refractivity contribution in [1.29, 1.82) is 0 Å². The van der Waals surface area contributed by atoms with Crippen LogP contribution in [0.4, 0.5) is 5.69 Å². The number of fused-ring (bicyclic) bond motifs is 1. The van der Waals surface area contributed by atoms with Crippen molar-refractivity contribution in [3.05, 3.63) is 71.3 Å². The lowest BCUT2D eigenvalue weighted by atomic mass is 10.1. The molecule has 0 bridgehead atoms. The number of nitrogens with one attached hydrogen (secondary N) is 1. The van der Waals surface area contributed by atoms with Crippen molar-refractivity contribution in [1.82, 2.24) is 0 Å². The summed E-state index contributed by atoms with van der Waals surface area (Å²) in [6, 6.07) is 12.5. The van der Waals surface area contributed by atoms with Crippen LogP contribution in [0.25, 0.3) is 12.2 Å². The van der Waals surface area contributed by atoms with Gasteiger partial charge in [-0.3, -0.25) is 9.59 Å². The summed E-state index contributed by atoms with van der Waals surface area (Å²) in [5.41, 5.74) is 4.13. The fourth-order valence-electron chi connectivity index (χ4n) is 2.67. The highest BCUT2D eigenvalue weighted by molar-refractivity contribution is 6.10. The lowest BCUT2D eigenvalue weighted by Crippen LogP contribution is -2.01. The van der Waals surface area contributed by atoms with E-state index in [2.05, 4.69) is 11.4 Å². The average Bonchev–Trinajstić information content (AvgIpc) is 3.07. The second-order valence-corrected chi connectivity index (χ2v) is 5.96. The van der Waals surface area contributed by atoms with Gasteiger partial charge in [0.15, 0.2) is 11.6 Å². The number of allylic oxidation sites excluding steroid dienone is 2. The molecule has 0 atom stereocenters. The summed E-state index contributed by atoms with van der Waals surface area (Å²) in [5, 5.41) is 12.5. The fourth-order valence-corrected chi connectivity index (χ4v) is 2.67. The SMILES string of the molecule is O=C(C=Cc1ccc(O)cc1)CC(=O)C=Cc1ccc2c(c1)NCC2. The third-order valence-electron chi connectivity index (χ3n) is 4.01. The Morgan fingerprint density at radius 3 is 2.32 bits per heavy atom. The normalized spacial score (nSPS) is 13.1. The van der Waals surface area contributed by atoms with Gasteiger partial charge in [0.1, 0.15) is 5.75 Å². The smallest absolute Gasteiger partial charge is 0.163 e. The van der Waals surface area contributed by atoms with Crippen LogP contribution in [0, 0.1) is 0 Å². The van der Waals surface area contributed by atoms with Crippen LogP contribution in [0.15, 0.2) is 54.6 Å². The summed E-state index contributed by atoms with van der Waals surface area (Å²) >= 11 is 0. The Labute approximate surface area is 146 Å². The number of rotatable bonds is 6. The van der Waals surface area contributed by atoms with Crippen LogP contribution in [0.3, 0.4) is 0 Å². The maximum atomic E-state index is 11.9. The van der Waals surface area contributed by atoms with Crippen molar-refractivity contribution in [2.75, 3.05) is 11.9 Å². The highest BCUT2D eigenvalue weighted by atomic mass is 16.3. The van der Waals surface area contributed by atoms with Crippen LogP contribution in [-0.2, 0) is 16.0 Å². The molecule has 0 saturated carbocycles. The number of aromatic hydroxyl groups is 1. The van der Waals surface area contributed by atoms with E-state index in [-0.39, 0.29) is 23.7 Å². The first-order valence-electron chi connectivity index (χ1n) is 8.18. The first kappa shape index (κ1) is 16.7. The molecule has 2 aromatic rings. The van der Waals surface area contributed by atoms with Crippen molar-refractivity contribution < 1.29 is 14.7 Å². The Bertz CT molecular complexity index is 848. The minimum Gasteiger partial charge on any atom is -0.508 e. The van der Waals surface area contributed by atoms with Crippen molar-refractivity contribution in [3.8, 4) is 5.75 Å². The van der Waals surface area contributed by atoms with Crippen LogP contribution in [-0.4, -0.2) is 23.2 Å². The monoisotopic (exact) mass is 333 g/mol. The van der Waals surface area contributed by atoms with Gasteiger partial charge in [-0.15, -0.1) is 0 Å². The van der Waals surface area contributed by atoms with Crippen molar-refractivity contribution >= 4 is 29.4 Å². The number of phenols is 1. The molecule has 0 spiro atoms. The van der Waals surface area contributed by atoms with E-state index in [0.717, 1.165) is 29.8 Å². The minimum atomic E-state index is -0.252. The Balaban J connectivity index is 1.54. The number of hydrogen-bond acceptors (Lipinski definition) is 4. The maximum absolute atomic E-state index is 11.9. The van der Waals surface area contributed by atoms with Crippen LogP contribution in [0.5, 0.6) is 5.75 Å². The topological polar surface area (TPSA) is 66.4 Å². The summed E-state index contributed by atoms with van der Waals surface area (Å²) in [7, 11) is 0. The molecule has 0 fully saturated rings. The molecule has 0 saturated heterocycles. The molecule has 0 aliphatic carbocycles. The zero-order valence-corrected chi connectivity index (χ0v) is 13.7. The minimum absolute atomic E-state index is 0.158. The molecule has 3 rings (SSSR count). The quantitative estimate of drug-likeness (QED) is 0.626. The van der Waals surface area contributed by atoms with E-state index >= 15 is 0 Å². The van der Waals surface area contributed by atoms with Gasteiger partial charge in [0.2, 0.25) is 0 Å². The largest absolute Gasteiger partial charge is 0.508 e. The standard InChI is InChI=1S/C21H19NO3/c23-18-7-2-15(3-8-18)4-9-19(24)14-20(25)10-5-16-1-6-17-11-12-22-21(17)13-16/h1-10,13,22-23H,11-12,14H2. The van der Waals surface area contributed by atoms with E-state index in [1.807, 2.05) is 12.1 Å². The van der Waals surface area contributed by atoms with Gasteiger partial charge in [-0.1, -0.05) is 36.4 Å². The van der Waals surface area contributed by atoms with Crippen LogP contribution in [0.2, 0.25) is 0 Å². The number of phenolic OH excluding ortho intramolecular Hbond substituents is 1. The van der Waals surface area contributed by atoms with E-state index < -0.39 is 0 Å². The molecule has 0 radical (unpaired) electrons. The Hall–Kier alpha value is -3.14. The summed E-state index contributed by atoms with van der Waals surface area (Å²) < 4.78 is 0. The van der Waals surface area contributed by atoms with Crippen molar-refractivity contribution in [2.24, 2.45) is 0 Å². The zero-order valence-electron chi connectivity index (χ0n) is 13.7. The molecule has 4 nitrogen and oxygen atoms in total. The van der Waals surface area contributed by atoms with Gasteiger partial charge in [-0.2, -0.15) is 0 Å². The Morgan fingerprint density at radius 1 is 0.960 bits per heavy atom. The lowest BCUT2D eigenvalue weighted by Gasteiger charge is -2.00. The highest BCUT2D eigenvalue weighted by Crippen LogP contribution is 2.23. The molecule has 1 heterocycles. The van der Waals surface area contributed by atoms with Gasteiger partial charge in [0, 0.05) is 12.2 Å². The van der Waals surface area contributed by atoms with E-state index in [1.165, 1.54) is 17.7 Å². The molecule has 1 aliphatic rings. The number of carbonyl (C=O) groups is 2. The number of ketones is 2. The van der Waals surface area contributed by atoms with Gasteiger partial charge in [-0.05, 0) is 53.5 Å². The predicted molar refractivity (Wildman–Crippen MR) is 99.4 cm³/mol. The van der Waals surface area contributed by atoms with Gasteiger partial charge in [0.25, 0.3) is 0 Å². The number of anilines is 1. The number of carbonyl (C=O) groups excluding carboxylic acids is 2. The molecule has 25 heavy (non-hydrogen) atoms. The third kappa shape index (κ3) is 4.67. The van der Waals surface area contributed by atoms with E-state index in [0.29, 0.717) is 0 Å². The predicted octanol–water partition coefficient (Wildman–Crippen LogP) is 3.62. The van der Waals surface area contributed by atoms with Crippen molar-refractivity contribution in [2.45, 2.75) is 12.8 Å². The molecular formula is C21H19NO3. The molecular weight excluding hydrogens is 314 g/mol. The fraction of sp³-hybridized carbons (Fsp3) is 0.143. The first-order chi connectivity index (χ1) is 12.1. The highest BCUT2D eigenvalue weighted by Gasteiger charge is 2.09. The summed E-state index contributed by atoms with van der Waals surface area (Å²) in [5.74, 6) is -0.308.